The molecule has 0 aliphatic rings. The number of hydrogen-bond acceptors (Lipinski definition) is 3. The zero-order chi connectivity index (χ0) is 12.9. The molecular formula is C14H28O3. The molecule has 0 bridgehead atoms. The van der Waals surface area contributed by atoms with Crippen molar-refractivity contribution in [2.24, 2.45) is 0 Å². The predicted molar refractivity (Wildman–Crippen MR) is 70.0 cm³/mol. The van der Waals surface area contributed by atoms with Crippen LogP contribution in [0.3, 0.4) is 0 Å². The van der Waals surface area contributed by atoms with Crippen LogP contribution in [0.1, 0.15) is 65.7 Å². The fraction of sp³-hybridized carbons (Fsp3) is 0.929. The molecule has 3 heteroatoms. The highest BCUT2D eigenvalue weighted by molar-refractivity contribution is 5.81. The Hall–Kier alpha value is -0.410. The summed E-state index contributed by atoms with van der Waals surface area (Å²) in [6.07, 6.45) is 7.11. The van der Waals surface area contributed by atoms with Gasteiger partial charge in [-0.2, -0.15) is 0 Å². The van der Waals surface area contributed by atoms with Crippen molar-refractivity contribution >= 4 is 5.78 Å². The lowest BCUT2D eigenvalue weighted by Crippen LogP contribution is -2.27. The predicted octanol–water partition coefficient (Wildman–Crippen LogP) is 3.71. The van der Waals surface area contributed by atoms with Crippen LogP contribution in [0.25, 0.3) is 0 Å². The van der Waals surface area contributed by atoms with Crippen LogP contribution < -0.4 is 0 Å². The summed E-state index contributed by atoms with van der Waals surface area (Å²) in [6.45, 7) is 7.01. The van der Waals surface area contributed by atoms with Crippen molar-refractivity contribution in [2.75, 3.05) is 13.2 Å². The number of carbonyl (C=O) groups excluding carboxylic acids is 1. The number of carbonyl (C=O) groups is 1. The molecule has 0 spiro atoms. The molecule has 0 fully saturated rings. The molecule has 3 nitrogen and oxygen atoms in total. The van der Waals surface area contributed by atoms with Crippen LogP contribution >= 0.6 is 0 Å². The summed E-state index contributed by atoms with van der Waals surface area (Å²) in [6, 6.07) is 0. The molecule has 0 saturated carbocycles. The summed E-state index contributed by atoms with van der Waals surface area (Å²) in [5, 5.41) is 0. The second-order valence-corrected chi connectivity index (χ2v) is 4.23. The molecule has 0 saturated heterocycles. The molecule has 0 aromatic carbocycles. The molecule has 0 aliphatic carbocycles. The highest BCUT2D eigenvalue weighted by Gasteiger charge is 2.17. The first-order valence-corrected chi connectivity index (χ1v) is 7.02. The van der Waals surface area contributed by atoms with E-state index < -0.39 is 6.29 Å². The Kier molecular flexibility index (Phi) is 11.8. The van der Waals surface area contributed by atoms with Gasteiger partial charge < -0.3 is 9.47 Å². The van der Waals surface area contributed by atoms with Crippen LogP contribution in [0.5, 0.6) is 0 Å². The van der Waals surface area contributed by atoms with Gasteiger partial charge in [-0.3, -0.25) is 4.79 Å². The molecule has 17 heavy (non-hydrogen) atoms. The van der Waals surface area contributed by atoms with Crippen LogP contribution in [0.15, 0.2) is 0 Å². The first kappa shape index (κ1) is 16.6. The third-order valence-electron chi connectivity index (χ3n) is 2.68. The maximum atomic E-state index is 11.8. The number of unbranched alkanes of at least 4 members (excludes halogenated alkanes) is 5. The SMILES string of the molecule is CCCCCCCCC(=O)C(OCC)OCC. The smallest absolute Gasteiger partial charge is 0.217 e. The van der Waals surface area contributed by atoms with Gasteiger partial charge in [-0.25, -0.2) is 0 Å². The summed E-state index contributed by atoms with van der Waals surface area (Å²) in [5.74, 6) is 0.0872. The first-order chi connectivity index (χ1) is 8.26. The number of rotatable bonds is 12. The maximum Gasteiger partial charge on any atom is 0.217 e. The van der Waals surface area contributed by atoms with Crippen LogP contribution in [0, 0.1) is 0 Å². The van der Waals surface area contributed by atoms with E-state index in [9.17, 15) is 4.79 Å². The van der Waals surface area contributed by atoms with Gasteiger partial charge >= 0.3 is 0 Å². The van der Waals surface area contributed by atoms with Gasteiger partial charge in [-0.15, -0.1) is 0 Å². The quantitative estimate of drug-likeness (QED) is 0.388. The Labute approximate surface area is 106 Å². The zero-order valence-electron chi connectivity index (χ0n) is 11.7. The summed E-state index contributed by atoms with van der Waals surface area (Å²) in [4.78, 5) is 11.8. The van der Waals surface area contributed by atoms with E-state index in [4.69, 9.17) is 9.47 Å². The molecule has 0 atom stereocenters. The second-order valence-electron chi connectivity index (χ2n) is 4.23. The van der Waals surface area contributed by atoms with Crippen LogP contribution in [-0.2, 0) is 14.3 Å². The molecule has 0 rings (SSSR count). The van der Waals surface area contributed by atoms with Crippen molar-refractivity contribution in [2.45, 2.75) is 72.0 Å². The summed E-state index contributed by atoms with van der Waals surface area (Å²) in [5.41, 5.74) is 0. The van der Waals surface area contributed by atoms with Crippen LogP contribution in [-0.4, -0.2) is 25.3 Å². The van der Waals surface area contributed by atoms with Gasteiger partial charge in [0.1, 0.15) is 0 Å². The highest BCUT2D eigenvalue weighted by Crippen LogP contribution is 2.09. The van der Waals surface area contributed by atoms with Crippen molar-refractivity contribution in [3.63, 3.8) is 0 Å². The normalized spacial score (nSPS) is 11.1. The largest absolute Gasteiger partial charge is 0.346 e. The Bertz CT molecular complexity index is 174. The fourth-order valence-electron chi connectivity index (χ4n) is 1.73. The molecule has 0 aromatic heterocycles. The van der Waals surface area contributed by atoms with Gasteiger partial charge in [0.2, 0.25) is 6.29 Å². The molecule has 0 unspecified atom stereocenters. The Morgan fingerprint density at radius 1 is 0.882 bits per heavy atom. The standard InChI is InChI=1S/C14H28O3/c1-4-7-8-9-10-11-12-13(15)14(16-5-2)17-6-3/h14H,4-12H2,1-3H3. The van der Waals surface area contributed by atoms with E-state index >= 15 is 0 Å². The lowest BCUT2D eigenvalue weighted by molar-refractivity contribution is -0.168. The number of Topliss-reactive ketones (excluding diaryl/α,β-unsaturated/α-hetero) is 1. The Balaban J connectivity index is 3.59. The van der Waals surface area contributed by atoms with E-state index in [1.165, 1.54) is 25.7 Å². The van der Waals surface area contributed by atoms with Gasteiger partial charge in [0.25, 0.3) is 0 Å². The number of ether oxygens (including phenoxy) is 2. The number of hydrogen-bond donors (Lipinski definition) is 0. The molecular weight excluding hydrogens is 216 g/mol. The molecule has 0 radical (unpaired) electrons. The fourth-order valence-corrected chi connectivity index (χ4v) is 1.73. The maximum absolute atomic E-state index is 11.8. The van der Waals surface area contributed by atoms with Crippen molar-refractivity contribution in [1.29, 1.82) is 0 Å². The van der Waals surface area contributed by atoms with E-state index in [0.717, 1.165) is 12.8 Å². The van der Waals surface area contributed by atoms with Gasteiger partial charge in [-0.05, 0) is 20.3 Å². The molecule has 0 aromatic rings. The van der Waals surface area contributed by atoms with E-state index in [0.29, 0.717) is 19.6 Å². The summed E-state index contributed by atoms with van der Waals surface area (Å²) in [7, 11) is 0. The van der Waals surface area contributed by atoms with Gasteiger partial charge in [0.15, 0.2) is 5.78 Å². The molecule has 102 valence electrons. The monoisotopic (exact) mass is 244 g/mol. The Morgan fingerprint density at radius 2 is 1.41 bits per heavy atom. The van der Waals surface area contributed by atoms with Gasteiger partial charge in [-0.1, -0.05) is 39.0 Å². The van der Waals surface area contributed by atoms with E-state index in [2.05, 4.69) is 6.92 Å². The molecule has 0 aliphatic heterocycles. The minimum Gasteiger partial charge on any atom is -0.346 e. The van der Waals surface area contributed by atoms with E-state index in [-0.39, 0.29) is 5.78 Å². The first-order valence-electron chi connectivity index (χ1n) is 7.02. The topological polar surface area (TPSA) is 35.5 Å². The molecule has 0 N–H and O–H groups in total. The molecule has 0 amide bonds. The van der Waals surface area contributed by atoms with Crippen LogP contribution in [0.2, 0.25) is 0 Å². The minimum atomic E-state index is -0.638. The lowest BCUT2D eigenvalue weighted by Gasteiger charge is -2.15. The highest BCUT2D eigenvalue weighted by atomic mass is 16.7. The average molecular weight is 244 g/mol. The lowest BCUT2D eigenvalue weighted by atomic mass is 10.1. The van der Waals surface area contributed by atoms with Crippen molar-refractivity contribution < 1.29 is 14.3 Å². The third kappa shape index (κ3) is 9.31. The van der Waals surface area contributed by atoms with Crippen molar-refractivity contribution in [3.05, 3.63) is 0 Å². The average Bonchev–Trinajstić information content (AvgIpc) is 2.33. The molecule has 0 heterocycles. The van der Waals surface area contributed by atoms with Gasteiger partial charge in [0.05, 0.1) is 0 Å². The van der Waals surface area contributed by atoms with Gasteiger partial charge in [0, 0.05) is 19.6 Å². The van der Waals surface area contributed by atoms with E-state index in [1.807, 2.05) is 13.8 Å². The summed E-state index contributed by atoms with van der Waals surface area (Å²) >= 11 is 0. The third-order valence-corrected chi connectivity index (χ3v) is 2.68. The van der Waals surface area contributed by atoms with E-state index in [1.54, 1.807) is 0 Å². The van der Waals surface area contributed by atoms with Crippen LogP contribution in [0.4, 0.5) is 0 Å². The summed E-state index contributed by atoms with van der Waals surface area (Å²) < 4.78 is 10.5. The Morgan fingerprint density at radius 3 is 1.94 bits per heavy atom. The minimum absolute atomic E-state index is 0.0872. The van der Waals surface area contributed by atoms with Crippen molar-refractivity contribution in [3.8, 4) is 0 Å². The van der Waals surface area contributed by atoms with Crippen molar-refractivity contribution in [1.82, 2.24) is 0 Å². The zero-order valence-corrected chi connectivity index (χ0v) is 11.7. The second kappa shape index (κ2) is 12.1. The number of ketones is 1.